The van der Waals surface area contributed by atoms with Gasteiger partial charge in [-0.15, -0.1) is 0 Å². The Bertz CT molecular complexity index is 1530. The van der Waals surface area contributed by atoms with Crippen LogP contribution in [0, 0.1) is 0 Å². The number of benzene rings is 2. The van der Waals surface area contributed by atoms with Crippen molar-refractivity contribution < 1.29 is 19.1 Å². The molecule has 41 heavy (non-hydrogen) atoms. The molecule has 2 aromatic carbocycles. The lowest BCUT2D eigenvalue weighted by Gasteiger charge is -2.40. The monoisotopic (exact) mass is 554 g/mol. The second kappa shape index (κ2) is 12.2. The van der Waals surface area contributed by atoms with E-state index in [0.29, 0.717) is 73.9 Å². The number of nitrogens with zero attached hydrogens (tertiary/aromatic N) is 3. The van der Waals surface area contributed by atoms with E-state index in [9.17, 15) is 14.4 Å². The van der Waals surface area contributed by atoms with Crippen molar-refractivity contribution in [2.45, 2.75) is 32.1 Å². The molecule has 4 aromatic rings. The first kappa shape index (κ1) is 27.8. The minimum Gasteiger partial charge on any atom is -0.465 e. The number of aromatic nitrogens is 3. The van der Waals surface area contributed by atoms with Crippen molar-refractivity contribution in [2.24, 2.45) is 0 Å². The fraction of sp³-hybridized carbons (Fsp3) is 0.323. The molecule has 0 radical (unpaired) electrons. The van der Waals surface area contributed by atoms with Gasteiger partial charge < -0.3 is 25.3 Å². The predicted molar refractivity (Wildman–Crippen MR) is 156 cm³/mol. The molecule has 1 fully saturated rings. The number of fused-ring (bicyclic) bond motifs is 1. The van der Waals surface area contributed by atoms with Gasteiger partial charge in [0, 0.05) is 44.9 Å². The van der Waals surface area contributed by atoms with E-state index in [-0.39, 0.29) is 17.8 Å². The van der Waals surface area contributed by atoms with Crippen LogP contribution in [0.15, 0.2) is 66.9 Å². The van der Waals surface area contributed by atoms with E-state index >= 15 is 0 Å². The molecule has 3 N–H and O–H groups in total. The van der Waals surface area contributed by atoms with Crippen molar-refractivity contribution in [2.75, 3.05) is 38.1 Å². The van der Waals surface area contributed by atoms with Gasteiger partial charge in [0.1, 0.15) is 11.5 Å². The highest BCUT2D eigenvalue weighted by molar-refractivity contribution is 6.10. The Morgan fingerprint density at radius 1 is 0.976 bits per heavy atom. The number of carbonyl (C=O) groups is 3. The molecular weight excluding hydrogens is 520 g/mol. The standard InChI is InChI=1S/C31H34N6O4/c1-3-41-30(40)31(23-12-8-5-9-13-23)14-18-37(19-15-31)29(39)24-20-34-28-25(24)27(33-17-16-32-21(2)38)35-26(36-28)22-10-6-4-7-11-22/h4-13,20H,3,14-19H2,1-2H3,(H,32,38)(H2,33,34,35,36). The summed E-state index contributed by atoms with van der Waals surface area (Å²) in [6.45, 7) is 5.18. The first-order chi connectivity index (χ1) is 19.9. The van der Waals surface area contributed by atoms with Crippen LogP contribution in [0.25, 0.3) is 22.4 Å². The van der Waals surface area contributed by atoms with Crippen LogP contribution in [-0.2, 0) is 19.7 Å². The quantitative estimate of drug-likeness (QED) is 0.211. The third-order valence-corrected chi connectivity index (χ3v) is 7.48. The number of likely N-dealkylation sites (tertiary alicyclic amines) is 1. The zero-order chi connectivity index (χ0) is 28.8. The maximum Gasteiger partial charge on any atom is 0.316 e. The van der Waals surface area contributed by atoms with E-state index in [1.54, 1.807) is 18.0 Å². The van der Waals surface area contributed by atoms with Gasteiger partial charge in [-0.25, -0.2) is 9.97 Å². The highest BCUT2D eigenvalue weighted by Gasteiger charge is 2.45. The summed E-state index contributed by atoms with van der Waals surface area (Å²) in [6, 6.07) is 19.3. The molecule has 0 saturated carbocycles. The van der Waals surface area contributed by atoms with Crippen molar-refractivity contribution in [1.82, 2.24) is 25.2 Å². The van der Waals surface area contributed by atoms with E-state index in [1.807, 2.05) is 60.7 Å². The van der Waals surface area contributed by atoms with Gasteiger partial charge in [0.25, 0.3) is 5.91 Å². The molecule has 2 aromatic heterocycles. The molecule has 1 saturated heterocycles. The molecule has 0 unspecified atom stereocenters. The number of hydrogen-bond donors (Lipinski definition) is 3. The van der Waals surface area contributed by atoms with Gasteiger partial charge in [0.15, 0.2) is 5.82 Å². The number of hydrogen-bond acceptors (Lipinski definition) is 7. The fourth-order valence-corrected chi connectivity index (χ4v) is 5.36. The molecule has 0 spiro atoms. The molecule has 1 aliphatic rings. The maximum absolute atomic E-state index is 13.9. The number of ether oxygens (including phenoxy) is 1. The summed E-state index contributed by atoms with van der Waals surface area (Å²) >= 11 is 0. The number of esters is 1. The number of H-pyrrole nitrogens is 1. The van der Waals surface area contributed by atoms with Crippen LogP contribution in [0.5, 0.6) is 0 Å². The molecule has 10 heteroatoms. The van der Waals surface area contributed by atoms with Gasteiger partial charge >= 0.3 is 5.97 Å². The van der Waals surface area contributed by atoms with E-state index < -0.39 is 5.41 Å². The molecule has 10 nitrogen and oxygen atoms in total. The zero-order valence-electron chi connectivity index (χ0n) is 23.3. The van der Waals surface area contributed by atoms with Crippen molar-refractivity contribution in [3.05, 3.63) is 78.0 Å². The molecular formula is C31H34N6O4. The van der Waals surface area contributed by atoms with E-state index in [0.717, 1.165) is 11.1 Å². The summed E-state index contributed by atoms with van der Waals surface area (Å²) in [5, 5.41) is 6.64. The lowest BCUT2D eigenvalue weighted by molar-refractivity contribution is -0.152. The number of amides is 2. The lowest BCUT2D eigenvalue weighted by Crippen LogP contribution is -2.49. The summed E-state index contributed by atoms with van der Waals surface area (Å²) in [6.07, 6.45) is 2.58. The van der Waals surface area contributed by atoms with Crippen LogP contribution in [0.3, 0.4) is 0 Å². The molecule has 3 heterocycles. The van der Waals surface area contributed by atoms with Crippen molar-refractivity contribution in [3.8, 4) is 11.4 Å². The Kier molecular flexibility index (Phi) is 8.28. The van der Waals surface area contributed by atoms with E-state index in [4.69, 9.17) is 14.7 Å². The normalized spacial score (nSPS) is 14.4. The van der Waals surface area contributed by atoms with Crippen molar-refractivity contribution in [3.63, 3.8) is 0 Å². The molecule has 2 amide bonds. The number of nitrogens with one attached hydrogen (secondary N) is 3. The van der Waals surface area contributed by atoms with Crippen LogP contribution >= 0.6 is 0 Å². The number of carbonyl (C=O) groups excluding carboxylic acids is 3. The average Bonchev–Trinajstić information content (AvgIpc) is 3.44. The summed E-state index contributed by atoms with van der Waals surface area (Å²) in [4.78, 5) is 52.8. The second-order valence-electron chi connectivity index (χ2n) is 10.1. The largest absolute Gasteiger partial charge is 0.465 e. The second-order valence-corrected chi connectivity index (χ2v) is 10.1. The molecule has 5 rings (SSSR count). The van der Waals surface area contributed by atoms with Gasteiger partial charge in [-0.1, -0.05) is 60.7 Å². The first-order valence-electron chi connectivity index (χ1n) is 13.9. The predicted octanol–water partition coefficient (Wildman–Crippen LogP) is 3.91. The molecule has 0 aliphatic carbocycles. The minimum atomic E-state index is -0.793. The van der Waals surface area contributed by atoms with Gasteiger partial charge in [-0.3, -0.25) is 14.4 Å². The van der Waals surface area contributed by atoms with Crippen LogP contribution < -0.4 is 10.6 Å². The van der Waals surface area contributed by atoms with Crippen LogP contribution in [0.1, 0.15) is 42.6 Å². The Morgan fingerprint density at radius 2 is 1.66 bits per heavy atom. The summed E-state index contributed by atoms with van der Waals surface area (Å²) in [7, 11) is 0. The van der Waals surface area contributed by atoms with E-state index in [1.165, 1.54) is 6.92 Å². The Hall–Kier alpha value is -4.73. The molecule has 0 atom stereocenters. The van der Waals surface area contributed by atoms with Gasteiger partial charge in [-0.2, -0.15) is 0 Å². The topological polar surface area (TPSA) is 129 Å². The number of piperidine rings is 1. The minimum absolute atomic E-state index is 0.124. The maximum atomic E-state index is 13.9. The smallest absolute Gasteiger partial charge is 0.316 e. The third kappa shape index (κ3) is 5.77. The van der Waals surface area contributed by atoms with Gasteiger partial charge in [0.05, 0.1) is 23.0 Å². The Balaban J connectivity index is 1.43. The number of aromatic amines is 1. The lowest BCUT2D eigenvalue weighted by atomic mass is 9.72. The molecule has 1 aliphatic heterocycles. The van der Waals surface area contributed by atoms with Gasteiger partial charge in [0.2, 0.25) is 5.91 Å². The number of anilines is 1. The van der Waals surface area contributed by atoms with Crippen LogP contribution in [-0.4, -0.2) is 70.4 Å². The summed E-state index contributed by atoms with van der Waals surface area (Å²) < 4.78 is 5.49. The highest BCUT2D eigenvalue weighted by atomic mass is 16.5. The van der Waals surface area contributed by atoms with Crippen molar-refractivity contribution in [1.29, 1.82) is 0 Å². The molecule has 212 valence electrons. The fourth-order valence-electron chi connectivity index (χ4n) is 5.36. The SMILES string of the molecule is CCOC(=O)C1(c2ccccc2)CCN(C(=O)c2c[nH]c3nc(-c4ccccc4)nc(NCCNC(C)=O)c23)CC1. The van der Waals surface area contributed by atoms with Crippen LogP contribution in [0.4, 0.5) is 5.82 Å². The summed E-state index contributed by atoms with van der Waals surface area (Å²) in [5.74, 6) is 0.481. The summed E-state index contributed by atoms with van der Waals surface area (Å²) in [5.41, 5.74) is 1.94. The Morgan fingerprint density at radius 3 is 2.32 bits per heavy atom. The third-order valence-electron chi connectivity index (χ3n) is 7.48. The zero-order valence-corrected chi connectivity index (χ0v) is 23.3. The number of rotatable bonds is 9. The Labute approximate surface area is 238 Å². The van der Waals surface area contributed by atoms with Crippen LogP contribution in [0.2, 0.25) is 0 Å². The van der Waals surface area contributed by atoms with Gasteiger partial charge in [-0.05, 0) is 25.3 Å². The molecule has 0 bridgehead atoms. The highest BCUT2D eigenvalue weighted by Crippen LogP contribution is 2.38. The first-order valence-corrected chi connectivity index (χ1v) is 13.9. The average molecular weight is 555 g/mol. The van der Waals surface area contributed by atoms with Crippen molar-refractivity contribution >= 4 is 34.6 Å². The van der Waals surface area contributed by atoms with E-state index in [2.05, 4.69) is 15.6 Å².